The van der Waals surface area contributed by atoms with Gasteiger partial charge in [0.05, 0.1) is 17.0 Å². The second-order valence-corrected chi connectivity index (χ2v) is 6.88. The van der Waals surface area contributed by atoms with Crippen LogP contribution in [0.1, 0.15) is 24.2 Å². The average molecular weight is 369 g/mol. The maximum Gasteiger partial charge on any atom is 0.257 e. The number of hydrogen-bond acceptors (Lipinski definition) is 5. The highest BCUT2D eigenvalue weighted by Gasteiger charge is 2.15. The fraction of sp³-hybridized carbons (Fsp3) is 0.211. The highest BCUT2D eigenvalue weighted by Crippen LogP contribution is 2.23. The van der Waals surface area contributed by atoms with Gasteiger partial charge in [-0.15, -0.1) is 0 Å². The number of oxazole rings is 1. The third-order valence-corrected chi connectivity index (χ3v) is 4.29. The van der Waals surface area contributed by atoms with E-state index in [1.165, 1.54) is 11.8 Å². The summed E-state index contributed by atoms with van der Waals surface area (Å²) in [6, 6.07) is 14.4. The van der Waals surface area contributed by atoms with Crippen molar-refractivity contribution in [3.8, 4) is 0 Å². The number of nitrogens with one attached hydrogen (secondary N) is 2. The number of carbonyl (C=O) groups is 2. The molecule has 0 unspecified atom stereocenters. The first-order valence-electron chi connectivity index (χ1n) is 8.21. The Morgan fingerprint density at radius 1 is 1.12 bits per heavy atom. The molecule has 26 heavy (non-hydrogen) atoms. The van der Waals surface area contributed by atoms with Crippen molar-refractivity contribution >= 4 is 40.4 Å². The lowest BCUT2D eigenvalue weighted by atomic mass is 10.1. The number of amides is 2. The monoisotopic (exact) mass is 369 g/mol. The van der Waals surface area contributed by atoms with Crippen molar-refractivity contribution in [2.45, 2.75) is 25.1 Å². The van der Waals surface area contributed by atoms with E-state index in [4.69, 9.17) is 4.42 Å². The fourth-order valence-electron chi connectivity index (χ4n) is 2.36. The summed E-state index contributed by atoms with van der Waals surface area (Å²) in [4.78, 5) is 28.8. The molecule has 7 heteroatoms. The van der Waals surface area contributed by atoms with Crippen LogP contribution in [0.15, 0.2) is 58.2 Å². The lowest BCUT2D eigenvalue weighted by Crippen LogP contribution is -2.31. The van der Waals surface area contributed by atoms with E-state index in [9.17, 15) is 9.59 Å². The van der Waals surface area contributed by atoms with Crippen LogP contribution >= 0.6 is 11.8 Å². The Labute approximate surface area is 155 Å². The molecule has 0 spiro atoms. The topological polar surface area (TPSA) is 84.2 Å². The maximum atomic E-state index is 12.3. The van der Waals surface area contributed by atoms with E-state index in [-0.39, 0.29) is 23.6 Å². The van der Waals surface area contributed by atoms with Crippen molar-refractivity contribution in [3.63, 3.8) is 0 Å². The van der Waals surface area contributed by atoms with Gasteiger partial charge in [-0.1, -0.05) is 36.0 Å². The molecule has 0 bridgehead atoms. The van der Waals surface area contributed by atoms with Crippen molar-refractivity contribution in [1.82, 2.24) is 10.3 Å². The number of nitrogens with zero attached hydrogens (tertiary/aromatic N) is 1. The quantitative estimate of drug-likeness (QED) is 0.647. The van der Waals surface area contributed by atoms with Crippen molar-refractivity contribution in [1.29, 1.82) is 0 Å². The number of para-hydroxylation sites is 3. The molecule has 134 valence electrons. The third-order valence-electron chi connectivity index (χ3n) is 3.47. The van der Waals surface area contributed by atoms with Gasteiger partial charge in [0.15, 0.2) is 5.58 Å². The van der Waals surface area contributed by atoms with Crippen LogP contribution in [0.2, 0.25) is 0 Å². The van der Waals surface area contributed by atoms with E-state index < -0.39 is 0 Å². The van der Waals surface area contributed by atoms with Gasteiger partial charge in [-0.25, -0.2) is 4.98 Å². The molecule has 6 nitrogen and oxygen atoms in total. The Hall–Kier alpha value is -2.80. The van der Waals surface area contributed by atoms with Crippen molar-refractivity contribution < 1.29 is 14.0 Å². The van der Waals surface area contributed by atoms with Gasteiger partial charge in [-0.2, -0.15) is 0 Å². The number of rotatable bonds is 6. The molecule has 2 amide bonds. The molecular formula is C19H19N3O3S. The molecule has 3 aromatic rings. The second kappa shape index (κ2) is 8.05. The van der Waals surface area contributed by atoms with Gasteiger partial charge in [-0.05, 0) is 38.1 Å². The SMILES string of the molecule is CC(C)NC(=O)c1ccccc1NC(=O)CSc1nc2ccccc2o1. The average Bonchev–Trinajstić information content (AvgIpc) is 3.03. The second-order valence-electron chi connectivity index (χ2n) is 5.96. The summed E-state index contributed by atoms with van der Waals surface area (Å²) in [6.45, 7) is 3.77. The first-order valence-corrected chi connectivity index (χ1v) is 9.19. The maximum absolute atomic E-state index is 12.3. The van der Waals surface area contributed by atoms with Crippen LogP contribution in [-0.2, 0) is 4.79 Å². The summed E-state index contributed by atoms with van der Waals surface area (Å²) < 4.78 is 5.58. The number of benzene rings is 2. The predicted octanol–water partition coefficient (Wildman–Crippen LogP) is 3.70. The highest BCUT2D eigenvalue weighted by molar-refractivity contribution is 7.99. The standard InChI is InChI=1S/C19H19N3O3S/c1-12(2)20-18(24)13-7-3-4-8-14(13)21-17(23)11-26-19-22-15-9-5-6-10-16(15)25-19/h3-10,12H,11H2,1-2H3,(H,20,24)(H,21,23). The molecule has 0 aliphatic heterocycles. The first-order chi connectivity index (χ1) is 12.5. The zero-order valence-corrected chi connectivity index (χ0v) is 15.3. The number of thioether (sulfide) groups is 1. The minimum atomic E-state index is -0.234. The number of carbonyl (C=O) groups excluding carboxylic acids is 2. The molecule has 0 radical (unpaired) electrons. The lowest BCUT2D eigenvalue weighted by molar-refractivity contribution is -0.113. The molecule has 0 atom stereocenters. The Bertz CT molecular complexity index is 903. The molecule has 0 saturated carbocycles. The smallest absolute Gasteiger partial charge is 0.257 e. The third kappa shape index (κ3) is 4.43. The van der Waals surface area contributed by atoms with Gasteiger partial charge >= 0.3 is 0 Å². The Kier molecular flexibility index (Phi) is 5.58. The van der Waals surface area contributed by atoms with E-state index in [2.05, 4.69) is 15.6 Å². The summed E-state index contributed by atoms with van der Waals surface area (Å²) in [5.41, 5.74) is 2.35. The Morgan fingerprint density at radius 3 is 2.62 bits per heavy atom. The molecule has 1 aromatic heterocycles. The van der Waals surface area contributed by atoms with E-state index in [0.717, 1.165) is 5.52 Å². The number of fused-ring (bicyclic) bond motifs is 1. The molecule has 2 N–H and O–H groups in total. The minimum absolute atomic E-state index is 0.0148. The molecule has 1 heterocycles. The molecule has 0 aliphatic rings. The number of aromatic nitrogens is 1. The summed E-state index contributed by atoms with van der Waals surface area (Å²) in [6.07, 6.45) is 0. The number of anilines is 1. The van der Waals surface area contributed by atoms with Crippen LogP contribution in [0.4, 0.5) is 5.69 Å². The number of hydrogen-bond donors (Lipinski definition) is 2. The Balaban J connectivity index is 1.64. The van der Waals surface area contributed by atoms with Gasteiger partial charge in [0.1, 0.15) is 5.52 Å². The largest absolute Gasteiger partial charge is 0.431 e. The van der Waals surface area contributed by atoms with E-state index in [0.29, 0.717) is 22.1 Å². The van der Waals surface area contributed by atoms with E-state index in [1.807, 2.05) is 38.1 Å². The summed E-state index contributed by atoms with van der Waals surface area (Å²) in [5, 5.41) is 6.04. The van der Waals surface area contributed by atoms with Crippen molar-refractivity contribution in [2.75, 3.05) is 11.1 Å². The van der Waals surface area contributed by atoms with Crippen LogP contribution in [0.5, 0.6) is 0 Å². The molecule has 0 aliphatic carbocycles. The normalized spacial score (nSPS) is 10.9. The van der Waals surface area contributed by atoms with Crippen molar-refractivity contribution in [2.24, 2.45) is 0 Å². The summed E-state index contributed by atoms with van der Waals surface area (Å²) in [5.74, 6) is -0.322. The molecule has 0 fully saturated rings. The molecule has 2 aromatic carbocycles. The van der Waals surface area contributed by atoms with Crippen LogP contribution in [0.3, 0.4) is 0 Å². The van der Waals surface area contributed by atoms with Gasteiger partial charge in [0.2, 0.25) is 5.91 Å². The zero-order chi connectivity index (χ0) is 18.5. The van der Waals surface area contributed by atoms with Crippen LogP contribution in [-0.4, -0.2) is 28.6 Å². The van der Waals surface area contributed by atoms with Crippen LogP contribution in [0, 0.1) is 0 Å². The molecule has 0 saturated heterocycles. The van der Waals surface area contributed by atoms with Gasteiger partial charge < -0.3 is 15.1 Å². The van der Waals surface area contributed by atoms with E-state index in [1.54, 1.807) is 24.3 Å². The first kappa shape index (κ1) is 18.0. The summed E-state index contributed by atoms with van der Waals surface area (Å²) >= 11 is 1.21. The lowest BCUT2D eigenvalue weighted by Gasteiger charge is -2.12. The minimum Gasteiger partial charge on any atom is -0.431 e. The summed E-state index contributed by atoms with van der Waals surface area (Å²) in [7, 11) is 0. The molecular weight excluding hydrogens is 350 g/mol. The zero-order valence-electron chi connectivity index (χ0n) is 14.5. The molecule has 3 rings (SSSR count). The van der Waals surface area contributed by atoms with Gasteiger partial charge in [0.25, 0.3) is 11.1 Å². The van der Waals surface area contributed by atoms with Crippen LogP contribution in [0.25, 0.3) is 11.1 Å². The van der Waals surface area contributed by atoms with Crippen LogP contribution < -0.4 is 10.6 Å². The van der Waals surface area contributed by atoms with Gasteiger partial charge in [0, 0.05) is 6.04 Å². The fourth-order valence-corrected chi connectivity index (χ4v) is 2.99. The highest BCUT2D eigenvalue weighted by atomic mass is 32.2. The van der Waals surface area contributed by atoms with Gasteiger partial charge in [-0.3, -0.25) is 9.59 Å². The van der Waals surface area contributed by atoms with E-state index >= 15 is 0 Å². The predicted molar refractivity (Wildman–Crippen MR) is 102 cm³/mol. The van der Waals surface area contributed by atoms with Crippen molar-refractivity contribution in [3.05, 3.63) is 54.1 Å². The Morgan fingerprint density at radius 2 is 1.85 bits per heavy atom.